The highest BCUT2D eigenvalue weighted by molar-refractivity contribution is 6.28. The van der Waals surface area contributed by atoms with Crippen LogP contribution in [0.1, 0.15) is 24.0 Å². The number of fused-ring (bicyclic) bond motifs is 1. The summed E-state index contributed by atoms with van der Waals surface area (Å²) in [7, 11) is 0. The van der Waals surface area contributed by atoms with Gasteiger partial charge in [-0.1, -0.05) is 12.1 Å². The van der Waals surface area contributed by atoms with Crippen LogP contribution in [0.4, 0.5) is 17.2 Å². The number of benzene rings is 1. The lowest BCUT2D eigenvalue weighted by Crippen LogP contribution is -2.08. The summed E-state index contributed by atoms with van der Waals surface area (Å²) in [6.45, 7) is 0. The molecule has 108 valence electrons. The average molecular weight is 305 g/mol. The molecule has 2 aromatic rings. The van der Waals surface area contributed by atoms with Crippen molar-refractivity contribution < 1.29 is 4.92 Å². The lowest BCUT2D eigenvalue weighted by molar-refractivity contribution is -0.384. The third-order valence-electron chi connectivity index (χ3n) is 3.59. The monoisotopic (exact) mass is 304 g/mol. The Morgan fingerprint density at radius 2 is 2.10 bits per heavy atom. The number of nitrogens with zero attached hydrogens (tertiary/aromatic N) is 3. The first-order valence-corrected chi connectivity index (χ1v) is 7.07. The van der Waals surface area contributed by atoms with Crippen molar-refractivity contribution in [1.82, 2.24) is 9.97 Å². The highest BCUT2D eigenvalue weighted by Gasteiger charge is 2.19. The van der Waals surface area contributed by atoms with Crippen molar-refractivity contribution in [2.45, 2.75) is 25.7 Å². The minimum absolute atomic E-state index is 0.0205. The van der Waals surface area contributed by atoms with E-state index >= 15 is 0 Å². The number of aromatic nitrogens is 2. The molecule has 1 aromatic carbocycles. The van der Waals surface area contributed by atoms with Gasteiger partial charge in [-0.25, -0.2) is 4.98 Å². The van der Waals surface area contributed by atoms with Crippen LogP contribution in [0.15, 0.2) is 24.4 Å². The van der Waals surface area contributed by atoms with Crippen molar-refractivity contribution in [1.29, 1.82) is 0 Å². The van der Waals surface area contributed by atoms with Gasteiger partial charge in [-0.3, -0.25) is 10.1 Å². The average Bonchev–Trinajstić information content (AvgIpc) is 2.47. The molecule has 0 saturated carbocycles. The van der Waals surface area contributed by atoms with Crippen LogP contribution in [0.2, 0.25) is 5.28 Å². The Hall–Kier alpha value is -2.21. The first-order valence-electron chi connectivity index (χ1n) is 6.70. The van der Waals surface area contributed by atoms with Crippen LogP contribution in [-0.4, -0.2) is 14.9 Å². The number of halogens is 1. The molecule has 1 N–H and O–H groups in total. The van der Waals surface area contributed by atoms with Crippen molar-refractivity contribution in [3.05, 3.63) is 50.9 Å². The Morgan fingerprint density at radius 1 is 1.29 bits per heavy atom. The molecule has 1 aliphatic carbocycles. The van der Waals surface area contributed by atoms with E-state index in [0.29, 0.717) is 0 Å². The molecular formula is C14H13ClN4O2. The largest absolute Gasteiger partial charge is 0.334 e. The Kier molecular flexibility index (Phi) is 3.70. The second-order valence-corrected chi connectivity index (χ2v) is 5.24. The predicted molar refractivity (Wildman–Crippen MR) is 80.1 cm³/mol. The Bertz CT molecular complexity index is 705. The van der Waals surface area contributed by atoms with E-state index in [-0.39, 0.29) is 16.8 Å². The van der Waals surface area contributed by atoms with E-state index in [1.807, 2.05) is 12.1 Å². The molecule has 0 atom stereocenters. The molecule has 3 rings (SSSR count). The highest BCUT2D eigenvalue weighted by atomic mass is 35.5. The van der Waals surface area contributed by atoms with Gasteiger partial charge in [-0.2, -0.15) is 4.98 Å². The molecule has 21 heavy (non-hydrogen) atoms. The molecule has 1 aliphatic rings. The zero-order chi connectivity index (χ0) is 14.8. The Morgan fingerprint density at radius 3 is 2.90 bits per heavy atom. The fraction of sp³-hybridized carbons (Fsp3) is 0.286. The van der Waals surface area contributed by atoms with Gasteiger partial charge in [0.1, 0.15) is 6.20 Å². The van der Waals surface area contributed by atoms with E-state index in [0.717, 1.165) is 31.1 Å². The van der Waals surface area contributed by atoms with Crippen LogP contribution in [0, 0.1) is 10.1 Å². The maximum atomic E-state index is 11.1. The molecule has 1 aromatic heterocycles. The summed E-state index contributed by atoms with van der Waals surface area (Å²) in [5.41, 5.74) is 3.15. The molecule has 0 fully saturated rings. The van der Waals surface area contributed by atoms with Crippen LogP contribution in [0.3, 0.4) is 0 Å². The van der Waals surface area contributed by atoms with Gasteiger partial charge in [0.05, 0.1) is 4.92 Å². The molecule has 0 radical (unpaired) electrons. The van der Waals surface area contributed by atoms with E-state index < -0.39 is 4.92 Å². The molecule has 0 saturated heterocycles. The number of nitro groups is 1. The Balaban J connectivity index is 2.01. The van der Waals surface area contributed by atoms with Crippen LogP contribution >= 0.6 is 11.6 Å². The molecular weight excluding hydrogens is 292 g/mol. The van der Waals surface area contributed by atoms with Gasteiger partial charge in [-0.05, 0) is 54.5 Å². The number of anilines is 2. The normalized spacial score (nSPS) is 13.6. The zero-order valence-electron chi connectivity index (χ0n) is 11.2. The minimum Gasteiger partial charge on any atom is -0.334 e. The van der Waals surface area contributed by atoms with Gasteiger partial charge in [0.2, 0.25) is 11.1 Å². The predicted octanol–water partition coefficient (Wildman–Crippen LogP) is 3.66. The number of nitrogens with one attached hydrogen (secondary N) is 1. The van der Waals surface area contributed by atoms with Gasteiger partial charge in [0.15, 0.2) is 0 Å². The number of aryl methyl sites for hydroxylation is 1. The quantitative estimate of drug-likeness (QED) is 0.531. The Labute approximate surface area is 126 Å². The summed E-state index contributed by atoms with van der Waals surface area (Å²) in [5, 5.41) is 14.1. The topological polar surface area (TPSA) is 81.0 Å². The smallest absolute Gasteiger partial charge is 0.329 e. The van der Waals surface area contributed by atoms with Gasteiger partial charge in [0, 0.05) is 5.69 Å². The number of hydrogen-bond acceptors (Lipinski definition) is 5. The van der Waals surface area contributed by atoms with Crippen LogP contribution in [0.5, 0.6) is 0 Å². The summed E-state index contributed by atoms with van der Waals surface area (Å²) < 4.78 is 0. The van der Waals surface area contributed by atoms with E-state index in [9.17, 15) is 10.1 Å². The third-order valence-corrected chi connectivity index (χ3v) is 3.77. The molecule has 7 heteroatoms. The second kappa shape index (κ2) is 5.65. The summed E-state index contributed by atoms with van der Waals surface area (Å²) in [6, 6.07) is 5.95. The van der Waals surface area contributed by atoms with E-state index in [4.69, 9.17) is 11.6 Å². The highest BCUT2D eigenvalue weighted by Crippen LogP contribution is 2.32. The minimum atomic E-state index is -0.520. The fourth-order valence-electron chi connectivity index (χ4n) is 2.61. The van der Waals surface area contributed by atoms with Crippen molar-refractivity contribution in [2.75, 3.05) is 5.32 Å². The van der Waals surface area contributed by atoms with E-state index in [1.165, 1.54) is 17.5 Å². The first kappa shape index (κ1) is 13.8. The van der Waals surface area contributed by atoms with E-state index in [2.05, 4.69) is 21.4 Å². The van der Waals surface area contributed by atoms with Crippen LogP contribution in [-0.2, 0) is 12.8 Å². The summed E-state index contributed by atoms with van der Waals surface area (Å²) in [4.78, 5) is 18.1. The van der Waals surface area contributed by atoms with Crippen molar-refractivity contribution in [3.8, 4) is 0 Å². The molecule has 0 aliphatic heterocycles. The molecule has 0 spiro atoms. The fourth-order valence-corrected chi connectivity index (χ4v) is 2.74. The standard InChI is InChI=1S/C14H13ClN4O2/c15-14-16-8-12(19(20)21)13(18-14)17-11-7-3-5-9-4-1-2-6-10(9)11/h3,5,7-8H,1-2,4,6H2,(H,16,17,18). The van der Waals surface area contributed by atoms with Crippen molar-refractivity contribution in [2.24, 2.45) is 0 Å². The van der Waals surface area contributed by atoms with Gasteiger partial charge < -0.3 is 5.32 Å². The van der Waals surface area contributed by atoms with Crippen molar-refractivity contribution >= 4 is 28.8 Å². The summed E-state index contributed by atoms with van der Waals surface area (Å²) in [5.74, 6) is 0.124. The maximum Gasteiger partial charge on any atom is 0.329 e. The lowest BCUT2D eigenvalue weighted by atomic mass is 9.90. The molecule has 0 unspecified atom stereocenters. The first-order chi connectivity index (χ1) is 10.1. The maximum absolute atomic E-state index is 11.1. The zero-order valence-corrected chi connectivity index (χ0v) is 11.9. The summed E-state index contributed by atoms with van der Waals surface area (Å²) in [6.07, 6.45) is 5.42. The van der Waals surface area contributed by atoms with Crippen LogP contribution < -0.4 is 5.32 Å². The van der Waals surface area contributed by atoms with Gasteiger partial charge in [0.25, 0.3) is 0 Å². The van der Waals surface area contributed by atoms with Crippen molar-refractivity contribution in [3.63, 3.8) is 0 Å². The summed E-state index contributed by atoms with van der Waals surface area (Å²) >= 11 is 5.75. The molecule has 1 heterocycles. The molecule has 0 bridgehead atoms. The van der Waals surface area contributed by atoms with E-state index in [1.54, 1.807) is 0 Å². The third kappa shape index (κ3) is 2.80. The lowest BCUT2D eigenvalue weighted by Gasteiger charge is -2.19. The van der Waals surface area contributed by atoms with Gasteiger partial charge in [-0.15, -0.1) is 0 Å². The molecule has 6 nitrogen and oxygen atoms in total. The van der Waals surface area contributed by atoms with Crippen LogP contribution in [0.25, 0.3) is 0 Å². The number of rotatable bonds is 3. The number of hydrogen-bond donors (Lipinski definition) is 1. The SMILES string of the molecule is O=[N+]([O-])c1cnc(Cl)nc1Nc1cccc2c1CCCC2. The second-order valence-electron chi connectivity index (χ2n) is 4.91. The molecule has 0 amide bonds. The van der Waals surface area contributed by atoms with Gasteiger partial charge >= 0.3 is 5.69 Å².